The molecular weight excluding hydrogens is 483 g/mol. The number of hydrogen-bond acceptors (Lipinski definition) is 4. The van der Waals surface area contributed by atoms with Gasteiger partial charge in [0.25, 0.3) is 0 Å². The van der Waals surface area contributed by atoms with E-state index in [2.05, 4.69) is 10.3 Å². The molecule has 0 radical (unpaired) electrons. The molecule has 1 aliphatic rings. The molecule has 1 aliphatic heterocycles. The zero-order valence-corrected chi connectivity index (χ0v) is 18.7. The van der Waals surface area contributed by atoms with E-state index in [9.17, 15) is 4.79 Å². The Morgan fingerprint density at radius 3 is 2.52 bits per heavy atom. The Balaban J connectivity index is 0.00000300. The molecular formula is C21H27IN4O3. The lowest BCUT2D eigenvalue weighted by Crippen LogP contribution is -2.43. The summed E-state index contributed by atoms with van der Waals surface area (Å²) in [6.45, 7) is 2.58. The molecule has 0 aromatic heterocycles. The second-order valence-corrected chi connectivity index (χ2v) is 6.45. The number of carbonyl (C=O) groups excluding carboxylic acids is 1. The average molecular weight is 510 g/mol. The van der Waals surface area contributed by atoms with Gasteiger partial charge >= 0.3 is 0 Å². The quantitative estimate of drug-likeness (QED) is 0.355. The molecule has 1 saturated heterocycles. The minimum absolute atomic E-state index is 0. The number of morpholine rings is 1. The van der Waals surface area contributed by atoms with Gasteiger partial charge in [-0.25, -0.2) is 0 Å². The van der Waals surface area contributed by atoms with Gasteiger partial charge in [0.15, 0.2) is 5.96 Å². The van der Waals surface area contributed by atoms with E-state index in [1.165, 1.54) is 0 Å². The molecule has 0 spiro atoms. The van der Waals surface area contributed by atoms with Gasteiger partial charge in [-0.3, -0.25) is 9.79 Å². The number of methoxy groups -OCH3 is 1. The summed E-state index contributed by atoms with van der Waals surface area (Å²) in [6, 6.07) is 17.1. The number of nitrogens with one attached hydrogen (secondary N) is 1. The predicted octanol–water partition coefficient (Wildman–Crippen LogP) is 2.68. The van der Waals surface area contributed by atoms with Crippen molar-refractivity contribution in [1.82, 2.24) is 4.90 Å². The average Bonchev–Trinajstić information content (AvgIpc) is 2.75. The number of amides is 1. The van der Waals surface area contributed by atoms with E-state index in [0.717, 1.165) is 11.3 Å². The van der Waals surface area contributed by atoms with Crippen molar-refractivity contribution in [3.8, 4) is 5.75 Å². The van der Waals surface area contributed by atoms with Gasteiger partial charge in [0.2, 0.25) is 5.91 Å². The molecule has 0 saturated carbocycles. The van der Waals surface area contributed by atoms with E-state index in [1.54, 1.807) is 7.11 Å². The largest absolute Gasteiger partial charge is 0.495 e. The molecule has 8 heteroatoms. The second-order valence-electron chi connectivity index (χ2n) is 6.45. The van der Waals surface area contributed by atoms with Crippen molar-refractivity contribution >= 4 is 41.5 Å². The summed E-state index contributed by atoms with van der Waals surface area (Å²) in [5.41, 5.74) is 7.72. The van der Waals surface area contributed by atoms with E-state index in [1.807, 2.05) is 59.5 Å². The number of anilines is 1. The second kappa shape index (κ2) is 11.6. The zero-order chi connectivity index (χ0) is 19.8. The highest BCUT2D eigenvalue weighted by atomic mass is 127. The zero-order valence-electron chi connectivity index (χ0n) is 16.4. The van der Waals surface area contributed by atoms with Crippen LogP contribution in [0.15, 0.2) is 59.6 Å². The van der Waals surface area contributed by atoms with Gasteiger partial charge in [0.05, 0.1) is 38.5 Å². The number of nitrogens with two attached hydrogens (primary N) is 1. The number of ether oxygens (including phenoxy) is 2. The minimum Gasteiger partial charge on any atom is -0.495 e. The molecule has 0 aliphatic carbocycles. The van der Waals surface area contributed by atoms with E-state index < -0.39 is 5.92 Å². The number of halogens is 1. The maximum Gasteiger partial charge on any atom is 0.232 e. The fourth-order valence-electron chi connectivity index (χ4n) is 3.13. The number of aliphatic imine (C=N–C) groups is 1. The Kier molecular flexibility index (Phi) is 9.20. The van der Waals surface area contributed by atoms with Crippen LogP contribution in [0, 0.1) is 0 Å². The Morgan fingerprint density at radius 2 is 1.83 bits per heavy atom. The van der Waals surface area contributed by atoms with Crippen molar-refractivity contribution < 1.29 is 14.3 Å². The van der Waals surface area contributed by atoms with Gasteiger partial charge in [-0.15, -0.1) is 24.0 Å². The first-order valence-corrected chi connectivity index (χ1v) is 9.30. The smallest absolute Gasteiger partial charge is 0.232 e. The highest BCUT2D eigenvalue weighted by molar-refractivity contribution is 14.0. The Morgan fingerprint density at radius 1 is 1.17 bits per heavy atom. The number of guanidine groups is 1. The number of para-hydroxylation sites is 2. The molecule has 7 nitrogen and oxygen atoms in total. The van der Waals surface area contributed by atoms with Gasteiger partial charge < -0.3 is 25.4 Å². The summed E-state index contributed by atoms with van der Waals surface area (Å²) in [4.78, 5) is 19.4. The van der Waals surface area contributed by atoms with Crippen molar-refractivity contribution in [2.24, 2.45) is 10.7 Å². The highest BCUT2D eigenvalue weighted by Crippen LogP contribution is 2.23. The molecule has 2 aromatic rings. The number of benzene rings is 2. The molecule has 0 bridgehead atoms. The van der Waals surface area contributed by atoms with Gasteiger partial charge in [-0.2, -0.15) is 0 Å². The van der Waals surface area contributed by atoms with Crippen molar-refractivity contribution in [1.29, 1.82) is 0 Å². The molecule has 3 rings (SSSR count). The lowest BCUT2D eigenvalue weighted by atomic mass is 9.97. The normalized spacial score (nSPS) is 15.2. The topological polar surface area (TPSA) is 89.2 Å². The number of rotatable bonds is 6. The first-order valence-electron chi connectivity index (χ1n) is 9.30. The minimum atomic E-state index is -0.391. The molecule has 156 valence electrons. The van der Waals surface area contributed by atoms with E-state index >= 15 is 0 Å². The van der Waals surface area contributed by atoms with Crippen molar-refractivity contribution in [2.75, 3.05) is 45.3 Å². The van der Waals surface area contributed by atoms with E-state index in [4.69, 9.17) is 15.2 Å². The first-order chi connectivity index (χ1) is 13.7. The van der Waals surface area contributed by atoms with E-state index in [-0.39, 0.29) is 42.4 Å². The van der Waals surface area contributed by atoms with Crippen LogP contribution in [-0.2, 0) is 9.53 Å². The monoisotopic (exact) mass is 510 g/mol. The van der Waals surface area contributed by atoms with Crippen molar-refractivity contribution in [3.63, 3.8) is 0 Å². The van der Waals surface area contributed by atoms with Crippen molar-refractivity contribution in [2.45, 2.75) is 5.92 Å². The molecule has 1 atom stereocenters. The van der Waals surface area contributed by atoms with Gasteiger partial charge in [0, 0.05) is 13.1 Å². The van der Waals surface area contributed by atoms with Crippen LogP contribution in [0.5, 0.6) is 5.75 Å². The lowest BCUT2D eigenvalue weighted by Gasteiger charge is -2.30. The van der Waals surface area contributed by atoms with Crippen LogP contribution in [0.25, 0.3) is 0 Å². The van der Waals surface area contributed by atoms with Crippen LogP contribution >= 0.6 is 24.0 Å². The number of carbonyl (C=O) groups is 1. The van der Waals surface area contributed by atoms with Gasteiger partial charge in [0.1, 0.15) is 5.75 Å². The van der Waals surface area contributed by atoms with Crippen LogP contribution < -0.4 is 15.8 Å². The molecule has 2 aromatic carbocycles. The summed E-state index contributed by atoms with van der Waals surface area (Å²) < 4.78 is 10.7. The SMILES string of the molecule is COc1ccccc1NC(N)=NCC(C(=O)N1CCOCC1)c1ccccc1.I. The summed E-state index contributed by atoms with van der Waals surface area (Å²) in [7, 11) is 1.60. The van der Waals surface area contributed by atoms with Crippen LogP contribution in [0.4, 0.5) is 5.69 Å². The van der Waals surface area contributed by atoms with E-state index in [0.29, 0.717) is 32.1 Å². The molecule has 1 fully saturated rings. The Labute approximate surface area is 188 Å². The van der Waals surface area contributed by atoms with Crippen molar-refractivity contribution in [3.05, 3.63) is 60.2 Å². The maximum atomic E-state index is 13.1. The Hall–Kier alpha value is -2.33. The third-order valence-corrected chi connectivity index (χ3v) is 4.64. The van der Waals surface area contributed by atoms with Crippen LogP contribution in [0.3, 0.4) is 0 Å². The Bertz CT molecular complexity index is 811. The highest BCUT2D eigenvalue weighted by Gasteiger charge is 2.27. The fourth-order valence-corrected chi connectivity index (χ4v) is 3.13. The summed E-state index contributed by atoms with van der Waals surface area (Å²) in [5, 5.41) is 3.04. The third-order valence-electron chi connectivity index (χ3n) is 4.64. The summed E-state index contributed by atoms with van der Waals surface area (Å²) in [5.74, 6) is 0.561. The fraction of sp³-hybridized carbons (Fsp3) is 0.333. The standard InChI is InChI=1S/C21H26N4O3.HI/c1-27-19-10-6-5-9-18(19)24-21(22)23-15-17(16-7-3-2-4-8-16)20(26)25-11-13-28-14-12-25;/h2-10,17H,11-15H2,1H3,(H3,22,23,24);1H. The third kappa shape index (κ3) is 6.33. The summed E-state index contributed by atoms with van der Waals surface area (Å²) >= 11 is 0. The first kappa shape index (κ1) is 23.0. The maximum absolute atomic E-state index is 13.1. The molecule has 29 heavy (non-hydrogen) atoms. The van der Waals surface area contributed by atoms with Crippen LogP contribution in [0.2, 0.25) is 0 Å². The molecule has 1 heterocycles. The predicted molar refractivity (Wildman–Crippen MR) is 125 cm³/mol. The summed E-state index contributed by atoms with van der Waals surface area (Å²) in [6.07, 6.45) is 0. The lowest BCUT2D eigenvalue weighted by molar-refractivity contribution is -0.136. The molecule has 3 N–H and O–H groups in total. The van der Waals surface area contributed by atoms with Gasteiger partial charge in [-0.1, -0.05) is 42.5 Å². The molecule has 1 unspecified atom stereocenters. The van der Waals surface area contributed by atoms with Crippen LogP contribution in [-0.4, -0.2) is 56.7 Å². The van der Waals surface area contributed by atoms with Gasteiger partial charge in [-0.05, 0) is 17.7 Å². The molecule has 1 amide bonds. The number of nitrogens with zero attached hydrogens (tertiary/aromatic N) is 2. The number of hydrogen-bond donors (Lipinski definition) is 2. The van der Waals surface area contributed by atoms with Crippen LogP contribution in [0.1, 0.15) is 11.5 Å².